The monoisotopic (exact) mass is 405 g/mol. The van der Waals surface area contributed by atoms with Crippen molar-refractivity contribution in [2.75, 3.05) is 5.32 Å². The van der Waals surface area contributed by atoms with Gasteiger partial charge in [-0.25, -0.2) is 4.98 Å². The molecule has 1 amide bonds. The quantitative estimate of drug-likeness (QED) is 0.533. The molecule has 4 rings (SSSR count). The number of carbonyl (C=O) groups is 1. The van der Waals surface area contributed by atoms with Crippen LogP contribution >= 0.6 is 11.3 Å². The van der Waals surface area contributed by atoms with Gasteiger partial charge in [-0.1, -0.05) is 29.5 Å². The molecule has 0 aliphatic rings. The highest BCUT2D eigenvalue weighted by Gasteiger charge is 2.31. The molecule has 10 heteroatoms. The molecule has 2 aromatic carbocycles. The molecule has 0 atom stereocenters. The van der Waals surface area contributed by atoms with Crippen LogP contribution in [0, 0.1) is 0 Å². The summed E-state index contributed by atoms with van der Waals surface area (Å²) in [4.78, 5) is 31.3. The predicted octanol–water partition coefficient (Wildman–Crippen LogP) is 4.29. The summed E-state index contributed by atoms with van der Waals surface area (Å²) in [6.45, 7) is 0. The molecular weight excluding hydrogens is 395 g/mol. The Morgan fingerprint density at radius 1 is 1.14 bits per heavy atom. The molecule has 0 spiro atoms. The molecule has 142 valence electrons. The van der Waals surface area contributed by atoms with Gasteiger partial charge >= 0.3 is 6.36 Å². The maximum atomic E-state index is 12.6. The van der Waals surface area contributed by atoms with Crippen LogP contribution < -0.4 is 15.6 Å². The zero-order chi connectivity index (χ0) is 19.9. The number of aromatic amines is 1. The number of hydrogen-bond donors (Lipinski definition) is 2. The number of aromatic nitrogens is 2. The summed E-state index contributed by atoms with van der Waals surface area (Å²) >= 11 is 0.994. The molecule has 6 nitrogen and oxygen atoms in total. The molecule has 0 saturated heterocycles. The largest absolute Gasteiger partial charge is 0.573 e. The zero-order valence-electron chi connectivity index (χ0n) is 13.8. The lowest BCUT2D eigenvalue weighted by molar-refractivity contribution is -0.274. The highest BCUT2D eigenvalue weighted by molar-refractivity contribution is 7.22. The smallest absolute Gasteiger partial charge is 0.406 e. The van der Waals surface area contributed by atoms with Gasteiger partial charge in [0.25, 0.3) is 5.91 Å². The third-order valence-electron chi connectivity index (χ3n) is 3.81. The number of fused-ring (bicyclic) bond motifs is 2. The molecule has 0 saturated carbocycles. The van der Waals surface area contributed by atoms with Crippen LogP contribution in [0.15, 0.2) is 53.3 Å². The van der Waals surface area contributed by atoms with E-state index >= 15 is 0 Å². The van der Waals surface area contributed by atoms with Crippen molar-refractivity contribution in [1.82, 2.24) is 9.97 Å². The molecule has 2 aromatic heterocycles. The highest BCUT2D eigenvalue weighted by Crippen LogP contribution is 2.32. The number of carbonyl (C=O) groups excluding carboxylic acids is 1. The average Bonchev–Trinajstić information content (AvgIpc) is 3.00. The van der Waals surface area contributed by atoms with Gasteiger partial charge in [0.2, 0.25) is 5.56 Å². The molecule has 0 bridgehead atoms. The van der Waals surface area contributed by atoms with Crippen LogP contribution in [0.3, 0.4) is 0 Å². The number of pyridine rings is 1. The van der Waals surface area contributed by atoms with Crippen LogP contribution in [-0.4, -0.2) is 22.2 Å². The number of para-hydroxylation sites is 1. The van der Waals surface area contributed by atoms with E-state index in [0.717, 1.165) is 17.4 Å². The van der Waals surface area contributed by atoms with Gasteiger partial charge in [0, 0.05) is 23.0 Å². The minimum absolute atomic E-state index is 0.166. The molecule has 4 aromatic rings. The first-order valence-corrected chi connectivity index (χ1v) is 8.70. The Morgan fingerprint density at radius 3 is 2.71 bits per heavy atom. The number of alkyl halides is 3. The van der Waals surface area contributed by atoms with Gasteiger partial charge in [-0.3, -0.25) is 14.9 Å². The summed E-state index contributed by atoms with van der Waals surface area (Å²) < 4.78 is 41.3. The lowest BCUT2D eigenvalue weighted by Gasteiger charge is -2.07. The molecule has 2 N–H and O–H groups in total. The first-order chi connectivity index (χ1) is 13.3. The summed E-state index contributed by atoms with van der Waals surface area (Å²) in [5.74, 6) is -0.921. The van der Waals surface area contributed by atoms with E-state index in [1.165, 1.54) is 18.2 Å². The van der Waals surface area contributed by atoms with Crippen molar-refractivity contribution >= 4 is 43.5 Å². The van der Waals surface area contributed by atoms with E-state index in [1.54, 1.807) is 24.3 Å². The second kappa shape index (κ2) is 6.64. The van der Waals surface area contributed by atoms with Crippen LogP contribution in [-0.2, 0) is 0 Å². The van der Waals surface area contributed by atoms with Gasteiger partial charge in [0.1, 0.15) is 5.75 Å². The zero-order valence-corrected chi connectivity index (χ0v) is 14.6. The van der Waals surface area contributed by atoms with Gasteiger partial charge in [-0.2, -0.15) is 0 Å². The molecule has 0 aliphatic carbocycles. The second-order valence-corrected chi connectivity index (χ2v) is 6.77. The Balaban J connectivity index is 1.65. The fourth-order valence-electron chi connectivity index (χ4n) is 2.71. The Labute approximate surface area is 158 Å². The number of halogens is 3. The third-order valence-corrected chi connectivity index (χ3v) is 4.74. The number of thiazole rings is 1. The molecule has 2 heterocycles. The summed E-state index contributed by atoms with van der Waals surface area (Å²) in [7, 11) is 0. The van der Waals surface area contributed by atoms with Gasteiger partial charge in [0.15, 0.2) is 5.13 Å². The number of nitrogens with one attached hydrogen (secondary N) is 2. The first-order valence-electron chi connectivity index (χ1n) is 7.88. The Hall–Kier alpha value is -3.40. The van der Waals surface area contributed by atoms with Gasteiger partial charge in [-0.05, 0) is 18.2 Å². The van der Waals surface area contributed by atoms with Crippen molar-refractivity contribution in [2.24, 2.45) is 0 Å². The second-order valence-electron chi connectivity index (χ2n) is 5.74. The standard InChI is InChI=1S/C18H10F3N3O3S/c19-18(20,21)27-9-5-6-13-14(7-9)28-17(23-13)24-16(26)11-8-15(25)22-12-4-2-1-3-10(11)12/h1-8H,(H,22,25)(H,23,24,26). The Morgan fingerprint density at radius 2 is 1.93 bits per heavy atom. The lowest BCUT2D eigenvalue weighted by atomic mass is 10.1. The average molecular weight is 405 g/mol. The van der Waals surface area contributed by atoms with E-state index in [0.29, 0.717) is 21.1 Å². The number of nitrogens with zero attached hydrogens (tertiary/aromatic N) is 1. The van der Waals surface area contributed by atoms with Crippen LogP contribution in [0.25, 0.3) is 21.1 Å². The lowest BCUT2D eigenvalue weighted by Crippen LogP contribution is -2.16. The van der Waals surface area contributed by atoms with E-state index in [-0.39, 0.29) is 16.4 Å². The van der Waals surface area contributed by atoms with E-state index in [4.69, 9.17) is 0 Å². The van der Waals surface area contributed by atoms with Crippen LogP contribution in [0.1, 0.15) is 10.4 Å². The maximum absolute atomic E-state index is 12.6. The number of anilines is 1. The maximum Gasteiger partial charge on any atom is 0.573 e. The highest BCUT2D eigenvalue weighted by atomic mass is 32.1. The SMILES string of the molecule is O=C(Nc1nc2ccc(OC(F)(F)F)cc2s1)c1cc(=O)[nH]c2ccccc12. The minimum Gasteiger partial charge on any atom is -0.406 e. The molecular formula is C18H10F3N3O3S. The number of ether oxygens (including phenoxy) is 1. The van der Waals surface area contributed by atoms with E-state index in [1.807, 2.05) is 0 Å². The molecule has 0 aliphatic heterocycles. The number of hydrogen-bond acceptors (Lipinski definition) is 5. The fourth-order valence-corrected chi connectivity index (χ4v) is 3.60. The third kappa shape index (κ3) is 3.67. The molecule has 0 unspecified atom stereocenters. The van der Waals surface area contributed by atoms with E-state index in [9.17, 15) is 22.8 Å². The van der Waals surface area contributed by atoms with Crippen LogP contribution in [0.4, 0.5) is 18.3 Å². The topological polar surface area (TPSA) is 84.1 Å². The van der Waals surface area contributed by atoms with Gasteiger partial charge < -0.3 is 9.72 Å². The number of benzene rings is 2. The van der Waals surface area contributed by atoms with Crippen molar-refractivity contribution in [3.05, 3.63) is 64.4 Å². The Kier molecular flexibility index (Phi) is 4.27. The van der Waals surface area contributed by atoms with Crippen molar-refractivity contribution in [3.63, 3.8) is 0 Å². The molecule has 0 radical (unpaired) electrons. The van der Waals surface area contributed by atoms with Crippen molar-refractivity contribution in [1.29, 1.82) is 0 Å². The van der Waals surface area contributed by atoms with Gasteiger partial charge in [0.05, 0.1) is 15.8 Å². The minimum atomic E-state index is -4.79. The normalized spacial score (nSPS) is 11.7. The van der Waals surface area contributed by atoms with E-state index in [2.05, 4.69) is 20.0 Å². The summed E-state index contributed by atoms with van der Waals surface area (Å²) in [5.41, 5.74) is 0.658. The molecule has 0 fully saturated rings. The van der Waals surface area contributed by atoms with Crippen molar-refractivity contribution in [2.45, 2.75) is 6.36 Å². The summed E-state index contributed by atoms with van der Waals surface area (Å²) in [5, 5.41) is 3.33. The number of H-pyrrole nitrogens is 1. The van der Waals surface area contributed by atoms with Crippen molar-refractivity contribution in [3.8, 4) is 5.75 Å². The summed E-state index contributed by atoms with van der Waals surface area (Å²) in [6.07, 6.45) is -4.79. The molecule has 28 heavy (non-hydrogen) atoms. The first kappa shape index (κ1) is 18.0. The van der Waals surface area contributed by atoms with Crippen LogP contribution in [0.2, 0.25) is 0 Å². The van der Waals surface area contributed by atoms with Gasteiger partial charge in [-0.15, -0.1) is 13.2 Å². The fraction of sp³-hybridized carbons (Fsp3) is 0.0556. The van der Waals surface area contributed by atoms with Crippen LogP contribution in [0.5, 0.6) is 5.75 Å². The number of rotatable bonds is 3. The summed E-state index contributed by atoms with van der Waals surface area (Å²) in [6, 6.07) is 11.7. The van der Waals surface area contributed by atoms with Crippen molar-refractivity contribution < 1.29 is 22.7 Å². The number of amides is 1. The van der Waals surface area contributed by atoms with E-state index < -0.39 is 17.8 Å². The Bertz CT molecular complexity index is 1260. The predicted molar refractivity (Wildman–Crippen MR) is 98.8 cm³/mol.